The number of hydrogen-bond acceptors (Lipinski definition) is 4. The smallest absolute Gasteiger partial charge is 0.251 e. The van der Waals surface area contributed by atoms with Gasteiger partial charge in [0.2, 0.25) is 5.91 Å². The highest BCUT2D eigenvalue weighted by Gasteiger charge is 2.42. The molecule has 0 saturated heterocycles. The molecule has 2 aromatic rings. The van der Waals surface area contributed by atoms with Crippen LogP contribution in [0.5, 0.6) is 11.5 Å². The van der Waals surface area contributed by atoms with Crippen molar-refractivity contribution in [3.05, 3.63) is 53.8 Å². The zero-order valence-corrected chi connectivity index (χ0v) is 16.2. The third-order valence-corrected chi connectivity index (χ3v) is 5.85. The summed E-state index contributed by atoms with van der Waals surface area (Å²) in [5.41, 5.74) is 1.48. The predicted octanol–water partition coefficient (Wildman–Crippen LogP) is 4.69. The lowest BCUT2D eigenvalue weighted by Crippen LogP contribution is -2.40. The van der Waals surface area contributed by atoms with Crippen LogP contribution < -0.4 is 20.1 Å². The van der Waals surface area contributed by atoms with Crippen LogP contribution >= 0.6 is 0 Å². The molecule has 1 aliphatic heterocycles. The third kappa shape index (κ3) is 3.88. The van der Waals surface area contributed by atoms with E-state index in [-0.39, 0.29) is 17.8 Å². The summed E-state index contributed by atoms with van der Waals surface area (Å²) in [6, 6.07) is 11.3. The van der Waals surface area contributed by atoms with Crippen molar-refractivity contribution in [3.8, 4) is 11.5 Å². The monoisotopic (exact) mass is 396 g/mol. The summed E-state index contributed by atoms with van der Waals surface area (Å²) in [5.74, 6) is 0.492. The Balaban J connectivity index is 1.37. The minimum absolute atomic E-state index is 0.111. The van der Waals surface area contributed by atoms with Gasteiger partial charge in [0.1, 0.15) is 11.9 Å². The van der Waals surface area contributed by atoms with Gasteiger partial charge in [-0.1, -0.05) is 18.6 Å². The zero-order valence-electron chi connectivity index (χ0n) is 16.2. The summed E-state index contributed by atoms with van der Waals surface area (Å²) in [6.45, 7) is 0. The number of carbonyl (C=O) groups is 1. The molecule has 29 heavy (non-hydrogen) atoms. The lowest BCUT2D eigenvalue weighted by Gasteiger charge is -2.31. The van der Waals surface area contributed by atoms with Gasteiger partial charge in [-0.2, -0.15) is 0 Å². The molecular formula is C23H25FN2O3. The maximum absolute atomic E-state index is 13.4. The van der Waals surface area contributed by atoms with Crippen molar-refractivity contribution in [3.63, 3.8) is 0 Å². The van der Waals surface area contributed by atoms with Crippen molar-refractivity contribution in [2.24, 2.45) is 0 Å². The molecule has 2 aliphatic carbocycles. The second-order valence-electron chi connectivity index (χ2n) is 8.25. The van der Waals surface area contributed by atoms with Crippen LogP contribution in [0, 0.1) is 5.82 Å². The summed E-state index contributed by atoms with van der Waals surface area (Å²) in [4.78, 5) is 12.8. The minimum atomic E-state index is -0.611. The maximum Gasteiger partial charge on any atom is 0.251 e. The van der Waals surface area contributed by atoms with Gasteiger partial charge >= 0.3 is 0 Å². The molecular weight excluding hydrogens is 371 g/mol. The summed E-state index contributed by atoms with van der Waals surface area (Å²) < 4.78 is 25.7. The highest BCUT2D eigenvalue weighted by molar-refractivity contribution is 5.86. The Morgan fingerprint density at radius 3 is 2.45 bits per heavy atom. The van der Waals surface area contributed by atoms with Gasteiger partial charge in [-0.05, 0) is 55.5 Å². The Kier molecular flexibility index (Phi) is 4.57. The Hall–Kier alpha value is -2.76. The number of rotatable bonds is 5. The van der Waals surface area contributed by atoms with Crippen molar-refractivity contribution < 1.29 is 18.7 Å². The van der Waals surface area contributed by atoms with Crippen LogP contribution in [-0.2, 0) is 4.79 Å². The normalized spacial score (nSPS) is 20.3. The predicted molar refractivity (Wildman–Crippen MR) is 107 cm³/mol. The Morgan fingerprint density at radius 1 is 1.00 bits per heavy atom. The molecule has 2 fully saturated rings. The maximum atomic E-state index is 13.4. The molecule has 1 heterocycles. The van der Waals surface area contributed by atoms with E-state index in [0.717, 1.165) is 50.0 Å². The fourth-order valence-corrected chi connectivity index (χ4v) is 4.11. The number of halogens is 1. The van der Waals surface area contributed by atoms with Gasteiger partial charge in [0.15, 0.2) is 11.5 Å². The van der Waals surface area contributed by atoms with E-state index in [9.17, 15) is 9.18 Å². The van der Waals surface area contributed by atoms with Crippen molar-refractivity contribution in [2.45, 2.75) is 62.8 Å². The van der Waals surface area contributed by atoms with Crippen LogP contribution in [0.2, 0.25) is 0 Å². The van der Waals surface area contributed by atoms with E-state index in [1.54, 1.807) is 12.1 Å². The molecule has 2 aromatic carbocycles. The molecule has 0 bridgehead atoms. The van der Waals surface area contributed by atoms with E-state index >= 15 is 0 Å². The summed E-state index contributed by atoms with van der Waals surface area (Å²) >= 11 is 0. The van der Waals surface area contributed by atoms with Crippen LogP contribution in [0.4, 0.5) is 10.1 Å². The summed E-state index contributed by atoms with van der Waals surface area (Å²) in [5, 5.41) is 6.33. The first kappa shape index (κ1) is 18.3. The summed E-state index contributed by atoms with van der Waals surface area (Å²) in [6.07, 6.45) is 7.23. The highest BCUT2D eigenvalue weighted by Crippen LogP contribution is 2.46. The van der Waals surface area contributed by atoms with E-state index in [2.05, 4.69) is 10.6 Å². The third-order valence-electron chi connectivity index (χ3n) is 5.85. The average molecular weight is 396 g/mol. The quantitative estimate of drug-likeness (QED) is 0.770. The van der Waals surface area contributed by atoms with Crippen molar-refractivity contribution in [2.75, 3.05) is 5.32 Å². The molecule has 5 nitrogen and oxygen atoms in total. The second kappa shape index (κ2) is 7.25. The van der Waals surface area contributed by atoms with E-state index < -0.39 is 11.8 Å². The van der Waals surface area contributed by atoms with Crippen LogP contribution in [0.15, 0.2) is 42.5 Å². The Morgan fingerprint density at radius 2 is 1.72 bits per heavy atom. The van der Waals surface area contributed by atoms with Gasteiger partial charge in [0, 0.05) is 30.6 Å². The number of benzene rings is 2. The van der Waals surface area contributed by atoms with E-state index in [4.69, 9.17) is 9.47 Å². The first-order valence-electron chi connectivity index (χ1n) is 10.4. The Labute approximate surface area is 169 Å². The largest absolute Gasteiger partial charge is 0.448 e. The lowest BCUT2D eigenvalue weighted by molar-refractivity contribution is -0.122. The molecule has 0 aromatic heterocycles. The molecule has 1 amide bonds. The van der Waals surface area contributed by atoms with Gasteiger partial charge in [-0.25, -0.2) is 4.39 Å². The molecule has 5 rings (SSSR count). The standard InChI is InChI=1S/C23H25FN2O3/c24-16-6-4-15(5-7-16)21(22(27)26-17-8-9-17)25-18-10-11-19-20(14-18)29-23(28-19)12-2-1-3-13-23/h4-7,10-11,14,17,21,25H,1-3,8-9,12-13H2,(H,26,27). The van der Waals surface area contributed by atoms with Crippen molar-refractivity contribution in [1.29, 1.82) is 0 Å². The molecule has 2 N–H and O–H groups in total. The first-order chi connectivity index (χ1) is 14.1. The van der Waals surface area contributed by atoms with Crippen molar-refractivity contribution >= 4 is 11.6 Å². The molecule has 1 unspecified atom stereocenters. The lowest BCUT2D eigenvalue weighted by atomic mass is 9.94. The number of amides is 1. The highest BCUT2D eigenvalue weighted by atomic mass is 19.1. The molecule has 2 saturated carbocycles. The fourth-order valence-electron chi connectivity index (χ4n) is 4.11. The van der Waals surface area contributed by atoms with Crippen LogP contribution in [0.1, 0.15) is 56.6 Å². The fraction of sp³-hybridized carbons (Fsp3) is 0.435. The SMILES string of the molecule is O=C(NC1CC1)C(Nc1ccc2c(c1)OC1(CCCCC1)O2)c1ccc(F)cc1. The Bertz CT molecular complexity index is 905. The van der Waals surface area contributed by atoms with Gasteiger partial charge in [-0.15, -0.1) is 0 Å². The number of hydrogen-bond donors (Lipinski definition) is 2. The van der Waals surface area contributed by atoms with Crippen molar-refractivity contribution in [1.82, 2.24) is 5.32 Å². The van der Waals surface area contributed by atoms with E-state index in [0.29, 0.717) is 11.3 Å². The molecule has 3 aliphatic rings. The van der Waals surface area contributed by atoms with Gasteiger partial charge in [0.05, 0.1) is 0 Å². The number of ether oxygens (including phenoxy) is 2. The van der Waals surface area contributed by atoms with Gasteiger partial charge < -0.3 is 20.1 Å². The van der Waals surface area contributed by atoms with Crippen LogP contribution in [0.25, 0.3) is 0 Å². The van der Waals surface area contributed by atoms with E-state index in [1.807, 2.05) is 18.2 Å². The number of anilines is 1. The molecule has 152 valence electrons. The topological polar surface area (TPSA) is 59.6 Å². The number of carbonyl (C=O) groups excluding carboxylic acids is 1. The molecule has 0 radical (unpaired) electrons. The van der Waals surface area contributed by atoms with Crippen LogP contribution in [-0.4, -0.2) is 17.7 Å². The summed E-state index contributed by atoms with van der Waals surface area (Å²) in [7, 11) is 0. The van der Waals surface area contributed by atoms with Crippen LogP contribution in [0.3, 0.4) is 0 Å². The van der Waals surface area contributed by atoms with Gasteiger partial charge in [0.25, 0.3) is 5.79 Å². The molecule has 1 spiro atoms. The first-order valence-corrected chi connectivity index (χ1v) is 10.4. The number of fused-ring (bicyclic) bond motifs is 1. The zero-order chi connectivity index (χ0) is 19.8. The number of nitrogens with one attached hydrogen (secondary N) is 2. The average Bonchev–Trinajstić information content (AvgIpc) is 3.46. The minimum Gasteiger partial charge on any atom is -0.448 e. The second-order valence-corrected chi connectivity index (χ2v) is 8.25. The molecule has 1 atom stereocenters. The van der Waals surface area contributed by atoms with Gasteiger partial charge in [-0.3, -0.25) is 4.79 Å². The molecule has 6 heteroatoms. The van der Waals surface area contributed by atoms with E-state index in [1.165, 1.54) is 18.6 Å².